The molecule has 0 N–H and O–H groups in total. The molecule has 0 aromatic carbocycles. The Morgan fingerprint density at radius 3 is 1.91 bits per heavy atom. The van der Waals surface area contributed by atoms with Gasteiger partial charge in [0.05, 0.1) is 0 Å². The Kier molecular flexibility index (Phi) is 5.38. The van der Waals surface area contributed by atoms with E-state index in [4.69, 9.17) is 0 Å². The predicted octanol–water partition coefficient (Wildman–Crippen LogP) is -2.79. The van der Waals surface area contributed by atoms with Gasteiger partial charge in [0, 0.05) is 0 Å². The number of esters is 1. The number of hydrogen-bond acceptors (Lipinski definition) is 3. The summed E-state index contributed by atoms with van der Waals surface area (Å²) in [6.07, 6.45) is 0. The van der Waals surface area contributed by atoms with Crippen molar-refractivity contribution < 1.29 is 33.5 Å². The van der Waals surface area contributed by atoms with E-state index in [0.29, 0.717) is 0 Å². The zero-order valence-electron chi connectivity index (χ0n) is 7.43. The summed E-state index contributed by atoms with van der Waals surface area (Å²) in [5.41, 5.74) is -0.607. The number of carbonyl (C=O) groups excluding carboxylic acids is 1. The average Bonchev–Trinajstić information content (AvgIpc) is 1.60. The second kappa shape index (κ2) is 4.48. The summed E-state index contributed by atoms with van der Waals surface area (Å²) in [5, 5.41) is 10.2. The second-order valence-electron chi connectivity index (χ2n) is 2.93. The first-order valence-corrected chi connectivity index (χ1v) is 2.92. The third-order valence-electron chi connectivity index (χ3n) is 0.627. The standard InChI is InChI=1S/C7H12O3.Li/c1-5(8)6(9)10-7(2,3)4;/h8H,1H2,2-4H3;/q;+1/p-1. The largest absolute Gasteiger partial charge is 1.00 e. The fourth-order valence-electron chi connectivity index (χ4n) is 0.335. The van der Waals surface area contributed by atoms with Gasteiger partial charge in [0.1, 0.15) is 5.60 Å². The number of hydrogen-bond donors (Lipinski definition) is 0. The quantitative estimate of drug-likeness (QED) is 0.176. The van der Waals surface area contributed by atoms with Gasteiger partial charge in [-0.3, -0.25) is 0 Å². The van der Waals surface area contributed by atoms with Gasteiger partial charge < -0.3 is 9.84 Å². The maximum Gasteiger partial charge on any atom is 1.00 e. The molecule has 0 aliphatic rings. The molecule has 0 bridgehead atoms. The van der Waals surface area contributed by atoms with E-state index in [1.165, 1.54) is 0 Å². The van der Waals surface area contributed by atoms with Crippen LogP contribution < -0.4 is 24.0 Å². The van der Waals surface area contributed by atoms with Crippen molar-refractivity contribution in [3.05, 3.63) is 12.3 Å². The van der Waals surface area contributed by atoms with Gasteiger partial charge in [0.15, 0.2) is 0 Å². The molecular weight excluding hydrogens is 139 g/mol. The van der Waals surface area contributed by atoms with Crippen LogP contribution in [0, 0.1) is 0 Å². The van der Waals surface area contributed by atoms with E-state index < -0.39 is 17.3 Å². The summed E-state index contributed by atoms with van der Waals surface area (Å²) in [6, 6.07) is 0. The number of carbonyl (C=O) groups is 1. The first-order chi connectivity index (χ1) is 4.33. The van der Waals surface area contributed by atoms with Gasteiger partial charge in [-0.05, 0) is 26.5 Å². The van der Waals surface area contributed by atoms with Crippen molar-refractivity contribution in [2.75, 3.05) is 0 Å². The number of rotatable bonds is 1. The molecule has 0 fully saturated rings. The molecule has 0 rings (SSSR count). The fourth-order valence-corrected chi connectivity index (χ4v) is 0.335. The molecule has 0 atom stereocenters. The molecule has 0 unspecified atom stereocenters. The molecule has 0 heterocycles. The Bertz CT molecular complexity index is 158. The third kappa shape index (κ3) is 7.50. The maximum atomic E-state index is 10.5. The van der Waals surface area contributed by atoms with E-state index in [1.54, 1.807) is 20.8 Å². The minimum Gasteiger partial charge on any atom is -0.868 e. The predicted molar refractivity (Wildman–Crippen MR) is 35.0 cm³/mol. The van der Waals surface area contributed by atoms with Crippen LogP contribution in [0.15, 0.2) is 12.3 Å². The average molecular weight is 150 g/mol. The zero-order chi connectivity index (χ0) is 8.36. The molecule has 0 saturated carbocycles. The van der Waals surface area contributed by atoms with Crippen LogP contribution in [-0.4, -0.2) is 11.6 Å². The van der Waals surface area contributed by atoms with Gasteiger partial charge >= 0.3 is 24.8 Å². The van der Waals surface area contributed by atoms with Crippen molar-refractivity contribution in [1.82, 2.24) is 0 Å². The molecule has 0 saturated heterocycles. The summed E-state index contributed by atoms with van der Waals surface area (Å²) >= 11 is 0. The van der Waals surface area contributed by atoms with Crippen LogP contribution >= 0.6 is 0 Å². The van der Waals surface area contributed by atoms with Gasteiger partial charge in [0.2, 0.25) is 0 Å². The molecule has 4 heteroatoms. The molecule has 0 radical (unpaired) electrons. The third-order valence-corrected chi connectivity index (χ3v) is 0.627. The molecule has 0 aliphatic carbocycles. The molecule has 11 heavy (non-hydrogen) atoms. The van der Waals surface area contributed by atoms with Crippen molar-refractivity contribution in [2.45, 2.75) is 26.4 Å². The Morgan fingerprint density at radius 1 is 1.45 bits per heavy atom. The van der Waals surface area contributed by atoms with Gasteiger partial charge in [-0.2, -0.15) is 0 Å². The Labute approximate surface area is 78.6 Å². The summed E-state index contributed by atoms with van der Waals surface area (Å²) in [5.74, 6) is -1.69. The van der Waals surface area contributed by atoms with Crippen LogP contribution in [0.4, 0.5) is 0 Å². The smallest absolute Gasteiger partial charge is 0.868 e. The van der Waals surface area contributed by atoms with E-state index in [9.17, 15) is 9.90 Å². The zero-order valence-corrected chi connectivity index (χ0v) is 7.43. The molecular formula is C7H11LiO3. The van der Waals surface area contributed by atoms with E-state index in [0.717, 1.165) is 0 Å². The van der Waals surface area contributed by atoms with Crippen LogP contribution in [0.2, 0.25) is 0 Å². The fraction of sp³-hybridized carbons (Fsp3) is 0.571. The Balaban J connectivity index is 0. The van der Waals surface area contributed by atoms with Gasteiger partial charge in [0.25, 0.3) is 0 Å². The van der Waals surface area contributed by atoms with Crippen molar-refractivity contribution in [3.63, 3.8) is 0 Å². The van der Waals surface area contributed by atoms with Crippen LogP contribution in [0.3, 0.4) is 0 Å². The van der Waals surface area contributed by atoms with E-state index >= 15 is 0 Å². The second-order valence-corrected chi connectivity index (χ2v) is 2.93. The summed E-state index contributed by atoms with van der Waals surface area (Å²) in [7, 11) is 0. The van der Waals surface area contributed by atoms with Gasteiger partial charge in [-0.15, -0.1) is 0 Å². The van der Waals surface area contributed by atoms with Gasteiger partial charge in [-0.25, -0.2) is 4.79 Å². The first-order valence-electron chi connectivity index (χ1n) is 2.92. The van der Waals surface area contributed by atoms with E-state index in [-0.39, 0.29) is 18.9 Å². The van der Waals surface area contributed by atoms with Crippen molar-refractivity contribution in [3.8, 4) is 0 Å². The van der Waals surface area contributed by atoms with Crippen LogP contribution in [0.1, 0.15) is 20.8 Å². The minimum absolute atomic E-state index is 0. The molecule has 0 aliphatic heterocycles. The van der Waals surface area contributed by atoms with Crippen LogP contribution in [0.25, 0.3) is 0 Å². The Morgan fingerprint density at radius 2 is 1.82 bits per heavy atom. The normalized spacial score (nSPS) is 9.73. The van der Waals surface area contributed by atoms with Crippen LogP contribution in [-0.2, 0) is 9.53 Å². The SMILES string of the molecule is C=C([O-])C(=O)OC(C)(C)C.[Li+]. The molecule has 0 spiro atoms. The molecule has 0 amide bonds. The van der Waals surface area contributed by atoms with Crippen molar-refractivity contribution in [1.29, 1.82) is 0 Å². The molecule has 3 nitrogen and oxygen atoms in total. The molecule has 58 valence electrons. The van der Waals surface area contributed by atoms with Gasteiger partial charge in [-0.1, -0.05) is 6.58 Å². The Hall–Kier alpha value is -0.393. The topological polar surface area (TPSA) is 49.4 Å². The monoisotopic (exact) mass is 150 g/mol. The summed E-state index contributed by atoms with van der Waals surface area (Å²) < 4.78 is 4.65. The molecule has 0 aromatic heterocycles. The number of ether oxygens (including phenoxy) is 1. The maximum absolute atomic E-state index is 10.5. The van der Waals surface area contributed by atoms with Crippen LogP contribution in [0.5, 0.6) is 0 Å². The van der Waals surface area contributed by atoms with E-state index in [1.807, 2.05) is 0 Å². The van der Waals surface area contributed by atoms with Crippen molar-refractivity contribution >= 4 is 5.97 Å². The first kappa shape index (κ1) is 13.2. The molecule has 0 aromatic rings. The summed E-state index contributed by atoms with van der Waals surface area (Å²) in [4.78, 5) is 10.5. The van der Waals surface area contributed by atoms with Crippen molar-refractivity contribution in [2.24, 2.45) is 0 Å². The minimum atomic E-state index is -0.882. The van der Waals surface area contributed by atoms with E-state index in [2.05, 4.69) is 11.3 Å². The summed E-state index contributed by atoms with van der Waals surface area (Å²) in [6.45, 7) is 7.97.